The van der Waals surface area contributed by atoms with Crippen molar-refractivity contribution < 1.29 is 17.7 Å². The third-order valence-corrected chi connectivity index (χ3v) is 5.67. The molecule has 0 aliphatic rings. The summed E-state index contributed by atoms with van der Waals surface area (Å²) in [6.45, 7) is 1.46. The molecular formula is C19H19ClN4O4S. The number of sulfonamides is 1. The molecule has 152 valence electrons. The molecule has 1 N–H and O–H groups in total. The molecule has 3 rings (SSSR count). The summed E-state index contributed by atoms with van der Waals surface area (Å²) >= 11 is 6.12. The molecule has 1 atom stereocenters. The van der Waals surface area contributed by atoms with Gasteiger partial charge in [0.1, 0.15) is 6.04 Å². The molecule has 1 unspecified atom stereocenters. The number of carbonyl (C=O) groups excluding carboxylic acids is 1. The van der Waals surface area contributed by atoms with Gasteiger partial charge >= 0.3 is 0 Å². The number of hydrogen-bond donors (Lipinski definition) is 1. The van der Waals surface area contributed by atoms with E-state index in [4.69, 9.17) is 16.1 Å². The molecule has 29 heavy (non-hydrogen) atoms. The lowest BCUT2D eigenvalue weighted by Gasteiger charge is -2.28. The third kappa shape index (κ3) is 4.93. The maximum absolute atomic E-state index is 12.6. The number of benzene rings is 2. The number of rotatable bonds is 7. The maximum Gasteiger partial charge on any atom is 0.246 e. The van der Waals surface area contributed by atoms with Gasteiger partial charge in [0.15, 0.2) is 0 Å². The van der Waals surface area contributed by atoms with Crippen molar-refractivity contribution in [1.29, 1.82) is 0 Å². The Hall–Kier alpha value is -2.91. The van der Waals surface area contributed by atoms with Crippen LogP contribution in [0.2, 0.25) is 5.02 Å². The van der Waals surface area contributed by atoms with E-state index in [0.717, 1.165) is 10.6 Å². The Bertz CT molecular complexity index is 1100. The molecule has 0 aliphatic heterocycles. The lowest BCUT2D eigenvalue weighted by molar-refractivity contribution is -0.122. The van der Waals surface area contributed by atoms with Crippen molar-refractivity contribution in [2.75, 3.05) is 10.6 Å². The predicted molar refractivity (Wildman–Crippen MR) is 110 cm³/mol. The second-order valence-corrected chi connectivity index (χ2v) is 8.55. The van der Waals surface area contributed by atoms with E-state index in [9.17, 15) is 13.2 Å². The molecule has 3 aromatic rings. The maximum atomic E-state index is 12.6. The van der Waals surface area contributed by atoms with Crippen LogP contribution in [0.4, 0.5) is 5.69 Å². The topological polar surface area (TPSA) is 105 Å². The lowest BCUT2D eigenvalue weighted by atomic mass is 10.2. The van der Waals surface area contributed by atoms with Crippen LogP contribution in [-0.2, 0) is 21.4 Å². The van der Waals surface area contributed by atoms with Gasteiger partial charge in [0.2, 0.25) is 27.6 Å². The third-order valence-electron chi connectivity index (χ3n) is 4.10. The number of halogens is 1. The van der Waals surface area contributed by atoms with Gasteiger partial charge in [-0.1, -0.05) is 47.1 Å². The Kier molecular flexibility index (Phi) is 6.19. The van der Waals surface area contributed by atoms with E-state index in [1.165, 1.54) is 6.92 Å². The summed E-state index contributed by atoms with van der Waals surface area (Å²) in [5.74, 6) is -0.0298. The summed E-state index contributed by atoms with van der Waals surface area (Å²) < 4.78 is 30.7. The van der Waals surface area contributed by atoms with Crippen LogP contribution < -0.4 is 9.62 Å². The Balaban J connectivity index is 1.71. The molecule has 1 heterocycles. The van der Waals surface area contributed by atoms with Gasteiger partial charge in [-0.3, -0.25) is 9.10 Å². The highest BCUT2D eigenvalue weighted by molar-refractivity contribution is 7.92. The second kappa shape index (κ2) is 8.62. The van der Waals surface area contributed by atoms with Crippen molar-refractivity contribution in [1.82, 2.24) is 15.5 Å². The van der Waals surface area contributed by atoms with Gasteiger partial charge in [0, 0.05) is 5.56 Å². The zero-order valence-electron chi connectivity index (χ0n) is 15.7. The van der Waals surface area contributed by atoms with Crippen molar-refractivity contribution in [3.05, 3.63) is 65.5 Å². The first kappa shape index (κ1) is 20.8. The van der Waals surface area contributed by atoms with E-state index in [1.807, 2.05) is 0 Å². The van der Waals surface area contributed by atoms with Gasteiger partial charge in [0.25, 0.3) is 0 Å². The zero-order valence-corrected chi connectivity index (χ0v) is 17.3. The van der Waals surface area contributed by atoms with Crippen LogP contribution in [-0.4, -0.2) is 36.8 Å². The highest BCUT2D eigenvalue weighted by Gasteiger charge is 2.29. The van der Waals surface area contributed by atoms with Crippen LogP contribution in [0.15, 0.2) is 59.1 Å². The van der Waals surface area contributed by atoms with Crippen LogP contribution in [0.3, 0.4) is 0 Å². The average molecular weight is 435 g/mol. The highest BCUT2D eigenvalue weighted by Crippen LogP contribution is 2.25. The van der Waals surface area contributed by atoms with Gasteiger partial charge in [-0.05, 0) is 31.2 Å². The Morgan fingerprint density at radius 3 is 2.48 bits per heavy atom. The molecule has 0 fully saturated rings. The van der Waals surface area contributed by atoms with Crippen molar-refractivity contribution >= 4 is 33.2 Å². The van der Waals surface area contributed by atoms with E-state index in [-0.39, 0.29) is 12.4 Å². The van der Waals surface area contributed by atoms with E-state index in [1.54, 1.807) is 54.6 Å². The van der Waals surface area contributed by atoms with Crippen molar-refractivity contribution in [2.24, 2.45) is 0 Å². The number of aromatic nitrogens is 2. The number of nitrogens with zero attached hydrogens (tertiary/aromatic N) is 3. The Morgan fingerprint density at radius 1 is 1.17 bits per heavy atom. The van der Waals surface area contributed by atoms with Crippen molar-refractivity contribution in [3.8, 4) is 11.4 Å². The SMILES string of the molecule is CC(C(=O)NCc1nc(-c2ccccc2Cl)no1)N(c1ccccc1)S(C)(=O)=O. The largest absolute Gasteiger partial charge is 0.345 e. The summed E-state index contributed by atoms with van der Waals surface area (Å²) in [4.78, 5) is 16.8. The molecular weight excluding hydrogens is 416 g/mol. The molecule has 0 saturated carbocycles. The summed E-state index contributed by atoms with van der Waals surface area (Å²) in [5, 5.41) is 6.97. The van der Waals surface area contributed by atoms with Gasteiger partial charge in [-0.25, -0.2) is 8.42 Å². The molecule has 1 aromatic heterocycles. The fourth-order valence-electron chi connectivity index (χ4n) is 2.77. The predicted octanol–water partition coefficient (Wildman–Crippen LogP) is 2.86. The highest BCUT2D eigenvalue weighted by atomic mass is 35.5. The van der Waals surface area contributed by atoms with E-state index in [0.29, 0.717) is 22.1 Å². The minimum absolute atomic E-state index is 0.0486. The monoisotopic (exact) mass is 434 g/mol. The van der Waals surface area contributed by atoms with Crippen LogP contribution in [0, 0.1) is 0 Å². The van der Waals surface area contributed by atoms with Crippen LogP contribution in [0.25, 0.3) is 11.4 Å². The molecule has 0 spiro atoms. The number of hydrogen-bond acceptors (Lipinski definition) is 6. The quantitative estimate of drug-likeness (QED) is 0.613. The number of amides is 1. The molecule has 10 heteroatoms. The van der Waals surface area contributed by atoms with Gasteiger partial charge in [0.05, 0.1) is 23.5 Å². The first-order valence-electron chi connectivity index (χ1n) is 8.67. The molecule has 8 nitrogen and oxygen atoms in total. The fourth-order valence-corrected chi connectivity index (χ4v) is 4.17. The number of anilines is 1. The van der Waals surface area contributed by atoms with Crippen LogP contribution in [0.5, 0.6) is 0 Å². The van der Waals surface area contributed by atoms with Crippen molar-refractivity contribution in [2.45, 2.75) is 19.5 Å². The summed E-state index contributed by atoms with van der Waals surface area (Å²) in [6.07, 6.45) is 1.05. The van der Waals surface area contributed by atoms with E-state index in [2.05, 4.69) is 15.5 Å². The standard InChI is InChI=1S/C19H19ClN4O4S/c1-13(24(29(2,26)27)14-8-4-3-5-9-14)19(25)21-12-17-22-18(23-28-17)15-10-6-7-11-16(15)20/h3-11,13H,12H2,1-2H3,(H,21,25). The van der Waals surface area contributed by atoms with E-state index < -0.39 is 22.0 Å². The van der Waals surface area contributed by atoms with Crippen LogP contribution in [0.1, 0.15) is 12.8 Å². The fraction of sp³-hybridized carbons (Fsp3) is 0.211. The smallest absolute Gasteiger partial charge is 0.246 e. The average Bonchev–Trinajstić information content (AvgIpc) is 3.15. The van der Waals surface area contributed by atoms with Gasteiger partial charge in [-0.15, -0.1) is 0 Å². The number of nitrogens with one attached hydrogen (secondary N) is 1. The van der Waals surface area contributed by atoms with Gasteiger partial charge in [-0.2, -0.15) is 4.98 Å². The van der Waals surface area contributed by atoms with Gasteiger partial charge < -0.3 is 9.84 Å². The molecule has 0 bridgehead atoms. The first-order valence-corrected chi connectivity index (χ1v) is 10.9. The minimum atomic E-state index is -3.68. The zero-order chi connectivity index (χ0) is 21.0. The summed E-state index contributed by atoms with van der Waals surface area (Å²) in [5.41, 5.74) is 1.01. The number of carbonyl (C=O) groups is 1. The molecule has 0 saturated heterocycles. The Morgan fingerprint density at radius 2 is 1.83 bits per heavy atom. The first-order chi connectivity index (χ1) is 13.8. The second-order valence-electron chi connectivity index (χ2n) is 6.28. The van der Waals surface area contributed by atoms with Crippen molar-refractivity contribution in [3.63, 3.8) is 0 Å². The molecule has 0 radical (unpaired) electrons. The molecule has 1 amide bonds. The summed E-state index contributed by atoms with van der Waals surface area (Å²) in [7, 11) is -3.68. The molecule has 0 aliphatic carbocycles. The normalized spacial score (nSPS) is 12.4. The minimum Gasteiger partial charge on any atom is -0.345 e. The molecule has 2 aromatic carbocycles. The van der Waals surface area contributed by atoms with Crippen LogP contribution >= 0.6 is 11.6 Å². The van der Waals surface area contributed by atoms with E-state index >= 15 is 0 Å². The summed E-state index contributed by atoms with van der Waals surface area (Å²) in [6, 6.07) is 14.5. The number of para-hydroxylation sites is 1. The lowest BCUT2D eigenvalue weighted by Crippen LogP contribution is -2.47. The Labute approximate surface area is 173 Å².